The Morgan fingerprint density at radius 2 is 1.22 bits per heavy atom. The molecule has 46 heavy (non-hydrogen) atoms. The summed E-state index contributed by atoms with van der Waals surface area (Å²) < 4.78 is 26.2. The number of unbranched alkanes of at least 4 members (excludes halogenated alkanes) is 15. The van der Waals surface area contributed by atoms with Crippen LogP contribution in [0.4, 0.5) is 0 Å². The largest absolute Gasteiger partial charge is 0.469 e. The van der Waals surface area contributed by atoms with Crippen LogP contribution in [-0.2, 0) is 32.9 Å². The second kappa shape index (κ2) is 30.5. The van der Waals surface area contributed by atoms with Gasteiger partial charge < -0.3 is 19.3 Å². The lowest BCUT2D eigenvalue weighted by atomic mass is 10.0. The molecule has 0 spiro atoms. The van der Waals surface area contributed by atoms with Gasteiger partial charge in [0.05, 0.1) is 6.61 Å². The van der Waals surface area contributed by atoms with Crippen LogP contribution in [0.1, 0.15) is 162 Å². The van der Waals surface area contributed by atoms with Crippen LogP contribution >= 0.6 is 7.82 Å². The van der Waals surface area contributed by atoms with Crippen molar-refractivity contribution in [3.05, 3.63) is 24.3 Å². The van der Waals surface area contributed by atoms with Crippen molar-refractivity contribution >= 4 is 25.5 Å². The number of esters is 2. The third kappa shape index (κ3) is 33.6. The molecule has 1 atom stereocenters. The topological polar surface area (TPSA) is 136 Å². The number of carbonyl (C=O) groups is 3. The molecule has 9 nitrogen and oxygen atoms in total. The number of hydrogen-bond donors (Lipinski definition) is 2. The molecule has 0 bridgehead atoms. The fraction of sp³-hybridized carbons (Fsp3) is 0.806. The Bertz CT molecular complexity index is 879. The number of allylic oxidation sites excluding steroid dienone is 4. The van der Waals surface area contributed by atoms with Crippen LogP contribution in [0.3, 0.4) is 0 Å². The minimum atomic E-state index is -4.77. The van der Waals surface area contributed by atoms with Crippen LogP contribution in [0.15, 0.2) is 24.3 Å². The molecule has 0 radical (unpaired) electrons. The molecule has 0 rings (SSSR count). The van der Waals surface area contributed by atoms with E-state index in [-0.39, 0.29) is 25.2 Å². The molecule has 268 valence electrons. The van der Waals surface area contributed by atoms with Crippen LogP contribution in [0.2, 0.25) is 0 Å². The first-order chi connectivity index (χ1) is 22.0. The Morgan fingerprint density at radius 3 is 1.78 bits per heavy atom. The Kier molecular flexibility index (Phi) is 29.3. The highest BCUT2D eigenvalue weighted by Gasteiger charge is 2.22. The molecule has 0 saturated heterocycles. The molecule has 10 heteroatoms. The fourth-order valence-electron chi connectivity index (χ4n) is 4.89. The van der Waals surface area contributed by atoms with E-state index in [1.165, 1.54) is 57.8 Å². The number of hydrogen-bond acceptors (Lipinski definition) is 7. The van der Waals surface area contributed by atoms with Crippen molar-refractivity contribution in [1.82, 2.24) is 0 Å². The molecular weight excluding hydrogens is 607 g/mol. The van der Waals surface area contributed by atoms with E-state index in [0.29, 0.717) is 19.3 Å². The van der Waals surface area contributed by atoms with Gasteiger partial charge in [-0.3, -0.25) is 18.9 Å². The Hall–Kier alpha value is -1.80. The van der Waals surface area contributed by atoms with Gasteiger partial charge in [-0.1, -0.05) is 129 Å². The van der Waals surface area contributed by atoms with Crippen LogP contribution in [0.25, 0.3) is 0 Å². The van der Waals surface area contributed by atoms with Gasteiger partial charge in [-0.15, -0.1) is 0 Å². The van der Waals surface area contributed by atoms with Crippen molar-refractivity contribution < 1.29 is 42.7 Å². The molecule has 0 saturated carbocycles. The van der Waals surface area contributed by atoms with Gasteiger partial charge in [0.25, 0.3) is 0 Å². The molecule has 0 aromatic heterocycles. The minimum Gasteiger partial charge on any atom is -0.462 e. The van der Waals surface area contributed by atoms with Gasteiger partial charge in [-0.25, -0.2) is 4.57 Å². The molecule has 0 aromatic rings. The standard InChI is InChI=1S/C36H65O9P/c1-4-5-6-7-11-16-21-26-33(37)27-22-17-14-19-23-28-35(38)43-30-34(31-44-46(40,41)42)45-36(39)29-24-18-13-10-8-9-12-15-20-25-32(2)3/h11,16,21,26,32,34H,4-10,12-15,17-20,22-25,27-31H2,1-3H3,(H2,40,41,42)/b16-11-,26-21+/t34-/m1/s1. The lowest BCUT2D eigenvalue weighted by Crippen LogP contribution is -2.29. The molecule has 2 N–H and O–H groups in total. The molecule has 0 unspecified atom stereocenters. The van der Waals surface area contributed by atoms with Crippen molar-refractivity contribution in [3.8, 4) is 0 Å². The summed E-state index contributed by atoms with van der Waals surface area (Å²) in [6.07, 6.45) is 27.3. The summed E-state index contributed by atoms with van der Waals surface area (Å²) in [5.74, 6) is -0.0836. The van der Waals surface area contributed by atoms with E-state index in [0.717, 1.165) is 57.3 Å². The first-order valence-corrected chi connectivity index (χ1v) is 19.5. The number of ether oxygens (including phenoxy) is 2. The second-order valence-corrected chi connectivity index (χ2v) is 14.0. The van der Waals surface area contributed by atoms with Gasteiger partial charge in [-0.05, 0) is 44.1 Å². The quantitative estimate of drug-likeness (QED) is 0.0235. The van der Waals surface area contributed by atoms with E-state index >= 15 is 0 Å². The summed E-state index contributed by atoms with van der Waals surface area (Å²) in [6, 6.07) is 0. The summed E-state index contributed by atoms with van der Waals surface area (Å²) in [5, 5.41) is 0. The fourth-order valence-corrected chi connectivity index (χ4v) is 5.25. The normalized spacial score (nSPS) is 12.7. The lowest BCUT2D eigenvalue weighted by molar-refractivity contribution is -0.161. The van der Waals surface area contributed by atoms with Crippen molar-refractivity contribution in [2.24, 2.45) is 5.92 Å². The van der Waals surface area contributed by atoms with Crippen molar-refractivity contribution in [1.29, 1.82) is 0 Å². The van der Waals surface area contributed by atoms with Gasteiger partial charge >= 0.3 is 19.8 Å². The molecule has 0 amide bonds. The number of ketones is 1. The monoisotopic (exact) mass is 672 g/mol. The predicted molar refractivity (Wildman–Crippen MR) is 184 cm³/mol. The molecule has 0 heterocycles. The number of rotatable bonds is 32. The minimum absolute atomic E-state index is 0.119. The molecular formula is C36H65O9P. The summed E-state index contributed by atoms with van der Waals surface area (Å²) in [6.45, 7) is 5.80. The third-order valence-corrected chi connectivity index (χ3v) is 8.11. The zero-order chi connectivity index (χ0) is 34.3. The smallest absolute Gasteiger partial charge is 0.462 e. The van der Waals surface area contributed by atoms with Crippen LogP contribution < -0.4 is 0 Å². The average Bonchev–Trinajstić information content (AvgIpc) is 2.99. The first-order valence-electron chi connectivity index (χ1n) is 17.9. The number of phosphoric ester groups is 1. The summed E-state index contributed by atoms with van der Waals surface area (Å²) in [5.41, 5.74) is 0. The maximum Gasteiger partial charge on any atom is 0.469 e. The molecule has 0 aromatic carbocycles. The van der Waals surface area contributed by atoms with E-state index in [9.17, 15) is 18.9 Å². The highest BCUT2D eigenvalue weighted by molar-refractivity contribution is 7.46. The Balaban J connectivity index is 4.08. The second-order valence-electron chi connectivity index (χ2n) is 12.7. The van der Waals surface area contributed by atoms with E-state index in [4.69, 9.17) is 19.3 Å². The van der Waals surface area contributed by atoms with Crippen LogP contribution in [0, 0.1) is 5.92 Å². The van der Waals surface area contributed by atoms with E-state index < -0.39 is 32.5 Å². The Labute approximate surface area is 279 Å². The number of phosphoric acid groups is 1. The maximum atomic E-state index is 12.3. The van der Waals surface area contributed by atoms with Crippen molar-refractivity contribution in [2.75, 3.05) is 13.2 Å². The highest BCUT2D eigenvalue weighted by Crippen LogP contribution is 2.36. The van der Waals surface area contributed by atoms with Crippen molar-refractivity contribution in [2.45, 2.75) is 168 Å². The SMILES string of the molecule is CCCCC/C=C\C=C\C(=O)CCCCCCCC(=O)OC[C@H](COP(=O)(O)O)OC(=O)CCCCCCCCCCCC(C)C. The van der Waals surface area contributed by atoms with Gasteiger partial charge in [0.15, 0.2) is 11.9 Å². The predicted octanol–water partition coefficient (Wildman–Crippen LogP) is 9.49. The third-order valence-electron chi connectivity index (χ3n) is 7.63. The van der Waals surface area contributed by atoms with E-state index in [1.54, 1.807) is 6.08 Å². The average molecular weight is 673 g/mol. The number of carbonyl (C=O) groups excluding carboxylic acids is 3. The Morgan fingerprint density at radius 1 is 0.674 bits per heavy atom. The van der Waals surface area contributed by atoms with Crippen LogP contribution in [0.5, 0.6) is 0 Å². The van der Waals surface area contributed by atoms with E-state index in [1.807, 2.05) is 12.2 Å². The summed E-state index contributed by atoms with van der Waals surface area (Å²) >= 11 is 0. The summed E-state index contributed by atoms with van der Waals surface area (Å²) in [7, 11) is -4.77. The molecule has 0 aliphatic rings. The zero-order valence-corrected chi connectivity index (χ0v) is 30.0. The maximum absolute atomic E-state index is 12.3. The van der Waals surface area contributed by atoms with Crippen molar-refractivity contribution in [3.63, 3.8) is 0 Å². The van der Waals surface area contributed by atoms with Gasteiger partial charge in [-0.2, -0.15) is 0 Å². The van der Waals surface area contributed by atoms with Gasteiger partial charge in [0.2, 0.25) is 0 Å². The lowest BCUT2D eigenvalue weighted by Gasteiger charge is -2.18. The molecule has 0 fully saturated rings. The highest BCUT2D eigenvalue weighted by atomic mass is 31.2. The zero-order valence-electron chi connectivity index (χ0n) is 29.1. The summed E-state index contributed by atoms with van der Waals surface area (Å²) in [4.78, 5) is 54.5. The van der Waals surface area contributed by atoms with Gasteiger partial charge in [0, 0.05) is 19.3 Å². The van der Waals surface area contributed by atoms with Gasteiger partial charge in [0.1, 0.15) is 6.61 Å². The van der Waals surface area contributed by atoms with Crippen LogP contribution in [-0.4, -0.2) is 46.8 Å². The molecule has 0 aliphatic heterocycles. The molecule has 0 aliphatic carbocycles. The first kappa shape index (κ1) is 44.2. The van der Waals surface area contributed by atoms with E-state index in [2.05, 4.69) is 31.4 Å².